The minimum Gasteiger partial charge on any atom is -0.497 e. The molecule has 1 unspecified atom stereocenters. The molecule has 0 bridgehead atoms. The van der Waals surface area contributed by atoms with Crippen LogP contribution in [0.1, 0.15) is 12.8 Å². The quantitative estimate of drug-likeness (QED) is 0.320. The number of ether oxygens (including phenoxy) is 2. The van der Waals surface area contributed by atoms with Gasteiger partial charge in [-0.05, 0) is 26.9 Å². The van der Waals surface area contributed by atoms with Gasteiger partial charge in [-0.1, -0.05) is 0 Å². The number of piperazine rings is 1. The molecule has 0 saturated carbocycles. The molecule has 0 aromatic heterocycles. The Kier molecular flexibility index (Phi) is 10.4. The third-order valence-electron chi connectivity index (χ3n) is 6.25. The van der Waals surface area contributed by atoms with Gasteiger partial charge in [-0.25, -0.2) is 0 Å². The first-order chi connectivity index (χ1) is 14.5. The molecule has 2 saturated heterocycles. The highest BCUT2D eigenvalue weighted by Gasteiger charge is 2.24. The Hall–Kier alpha value is -1.46. The molecule has 0 spiro atoms. The van der Waals surface area contributed by atoms with Crippen LogP contribution in [0.5, 0.6) is 11.5 Å². The molecule has 1 aromatic rings. The second-order valence-electron chi connectivity index (χ2n) is 8.33. The second-order valence-corrected chi connectivity index (χ2v) is 8.33. The first-order valence-corrected chi connectivity index (χ1v) is 10.9. The third-order valence-corrected chi connectivity index (χ3v) is 6.25. The first kappa shape index (κ1) is 25.8. The highest BCUT2D eigenvalue weighted by Crippen LogP contribution is 2.30. The maximum Gasteiger partial charge on any atom is 0.191 e. The van der Waals surface area contributed by atoms with Crippen molar-refractivity contribution in [3.05, 3.63) is 18.2 Å². The molecule has 2 aliphatic heterocycles. The summed E-state index contributed by atoms with van der Waals surface area (Å²) in [5.74, 6) is 2.55. The molecule has 9 heteroatoms. The summed E-state index contributed by atoms with van der Waals surface area (Å²) < 4.78 is 10.8. The van der Waals surface area contributed by atoms with E-state index in [1.165, 1.54) is 0 Å². The lowest BCUT2D eigenvalue weighted by atomic mass is 10.0. The van der Waals surface area contributed by atoms with E-state index in [9.17, 15) is 0 Å². The number of rotatable bonds is 6. The zero-order valence-electron chi connectivity index (χ0n) is 19.6. The Morgan fingerprint density at radius 1 is 1.03 bits per heavy atom. The largest absolute Gasteiger partial charge is 0.497 e. The zero-order valence-corrected chi connectivity index (χ0v) is 21.9. The highest BCUT2D eigenvalue weighted by atomic mass is 127. The van der Waals surface area contributed by atoms with Crippen LogP contribution in [0.25, 0.3) is 0 Å². The lowest BCUT2D eigenvalue weighted by molar-refractivity contribution is 0.116. The molecule has 2 fully saturated rings. The van der Waals surface area contributed by atoms with Gasteiger partial charge in [0.2, 0.25) is 0 Å². The van der Waals surface area contributed by atoms with Crippen molar-refractivity contribution in [1.29, 1.82) is 0 Å². The van der Waals surface area contributed by atoms with E-state index in [1.807, 2.05) is 13.1 Å². The lowest BCUT2D eigenvalue weighted by Crippen LogP contribution is -2.56. The summed E-state index contributed by atoms with van der Waals surface area (Å²) in [5.41, 5.74) is 1.15. The Morgan fingerprint density at radius 3 is 2.26 bits per heavy atom. The maximum absolute atomic E-state index is 5.42. The van der Waals surface area contributed by atoms with Crippen LogP contribution in [0, 0.1) is 0 Å². The molecule has 8 nitrogen and oxygen atoms in total. The standard InChI is InChI=1S/C22H38N6O2.HI/c1-23-22(24-15-19-16-26(2)10-11-27(19)3)25-17-6-8-28(9-7-17)18-12-20(29-4)14-21(13-18)30-5;/h12-14,17,19H,6-11,15-16H2,1-5H3,(H2,23,24,25);1H. The molecule has 1 aromatic carbocycles. The van der Waals surface area contributed by atoms with Gasteiger partial charge in [-0.2, -0.15) is 0 Å². The summed E-state index contributed by atoms with van der Waals surface area (Å²) in [6.45, 7) is 6.22. The van der Waals surface area contributed by atoms with E-state index in [0.29, 0.717) is 12.1 Å². The van der Waals surface area contributed by atoms with Crippen molar-refractivity contribution in [1.82, 2.24) is 20.4 Å². The number of likely N-dealkylation sites (N-methyl/N-ethyl adjacent to an activating group) is 2. The maximum atomic E-state index is 5.42. The Balaban J connectivity index is 0.00000341. The number of methoxy groups -OCH3 is 2. The van der Waals surface area contributed by atoms with E-state index in [1.54, 1.807) is 14.2 Å². The number of aliphatic imine (C=N–C) groups is 1. The first-order valence-electron chi connectivity index (χ1n) is 10.9. The van der Waals surface area contributed by atoms with Crippen molar-refractivity contribution < 1.29 is 9.47 Å². The molecule has 3 rings (SSSR count). The van der Waals surface area contributed by atoms with Crippen molar-refractivity contribution >= 4 is 35.6 Å². The molecule has 0 amide bonds. The van der Waals surface area contributed by atoms with E-state index in [2.05, 4.69) is 56.6 Å². The minimum absolute atomic E-state index is 0. The molecule has 1 atom stereocenters. The van der Waals surface area contributed by atoms with E-state index in [-0.39, 0.29) is 24.0 Å². The van der Waals surface area contributed by atoms with Crippen LogP contribution in [0.4, 0.5) is 5.69 Å². The van der Waals surface area contributed by atoms with Crippen molar-refractivity contribution in [2.24, 2.45) is 4.99 Å². The van der Waals surface area contributed by atoms with Gasteiger partial charge in [0.05, 0.1) is 14.2 Å². The van der Waals surface area contributed by atoms with Gasteiger partial charge in [-0.3, -0.25) is 9.89 Å². The smallest absolute Gasteiger partial charge is 0.191 e. The van der Waals surface area contributed by atoms with Crippen LogP contribution in [0.2, 0.25) is 0 Å². The summed E-state index contributed by atoms with van der Waals surface area (Å²) >= 11 is 0. The number of halogens is 1. The molecule has 2 aliphatic rings. The molecular weight excluding hydrogens is 507 g/mol. The number of nitrogens with zero attached hydrogens (tertiary/aromatic N) is 4. The fourth-order valence-electron chi connectivity index (χ4n) is 4.18. The van der Waals surface area contributed by atoms with E-state index < -0.39 is 0 Å². The summed E-state index contributed by atoms with van der Waals surface area (Å²) in [4.78, 5) is 11.7. The van der Waals surface area contributed by atoms with Crippen LogP contribution in [-0.4, -0.2) is 102 Å². The second kappa shape index (κ2) is 12.5. The lowest BCUT2D eigenvalue weighted by Gasteiger charge is -2.38. The number of guanidine groups is 1. The van der Waals surface area contributed by atoms with Gasteiger partial charge >= 0.3 is 0 Å². The molecule has 2 heterocycles. The van der Waals surface area contributed by atoms with Gasteiger partial charge in [-0.15, -0.1) is 24.0 Å². The molecule has 31 heavy (non-hydrogen) atoms. The molecule has 176 valence electrons. The number of benzene rings is 1. The Labute approximate surface area is 204 Å². The Morgan fingerprint density at radius 2 is 1.68 bits per heavy atom. The predicted molar refractivity (Wildman–Crippen MR) is 139 cm³/mol. The fourth-order valence-corrected chi connectivity index (χ4v) is 4.18. The van der Waals surface area contributed by atoms with Crippen LogP contribution in [-0.2, 0) is 0 Å². The van der Waals surface area contributed by atoms with Gasteiger partial charge in [0.25, 0.3) is 0 Å². The van der Waals surface area contributed by atoms with Gasteiger partial charge in [0, 0.05) is 82.3 Å². The summed E-state index contributed by atoms with van der Waals surface area (Å²) in [7, 11) is 9.63. The summed E-state index contributed by atoms with van der Waals surface area (Å²) in [6, 6.07) is 7.00. The number of hydrogen-bond donors (Lipinski definition) is 2. The van der Waals surface area contributed by atoms with Gasteiger partial charge in [0.15, 0.2) is 5.96 Å². The molecule has 0 radical (unpaired) electrons. The predicted octanol–water partition coefficient (Wildman–Crippen LogP) is 1.70. The van der Waals surface area contributed by atoms with Crippen LogP contribution in [0.3, 0.4) is 0 Å². The zero-order chi connectivity index (χ0) is 21.5. The van der Waals surface area contributed by atoms with E-state index in [0.717, 1.165) is 75.3 Å². The van der Waals surface area contributed by atoms with Gasteiger partial charge < -0.3 is 29.9 Å². The van der Waals surface area contributed by atoms with Crippen molar-refractivity contribution in [3.8, 4) is 11.5 Å². The number of nitrogens with one attached hydrogen (secondary N) is 2. The topological polar surface area (TPSA) is 64.6 Å². The van der Waals surface area contributed by atoms with Crippen molar-refractivity contribution in [2.45, 2.75) is 24.9 Å². The molecule has 2 N–H and O–H groups in total. The SMILES string of the molecule is CN=C(NCC1CN(C)CCN1C)NC1CCN(c2cc(OC)cc(OC)c2)CC1.I. The van der Waals surface area contributed by atoms with E-state index >= 15 is 0 Å². The third kappa shape index (κ3) is 7.28. The van der Waals surface area contributed by atoms with Crippen molar-refractivity contribution in [3.63, 3.8) is 0 Å². The normalized spacial score (nSPS) is 21.4. The number of piperidine rings is 1. The van der Waals surface area contributed by atoms with Crippen LogP contribution >= 0.6 is 24.0 Å². The minimum atomic E-state index is 0. The average Bonchev–Trinajstić information content (AvgIpc) is 2.78. The van der Waals surface area contributed by atoms with Crippen LogP contribution < -0.4 is 25.0 Å². The number of anilines is 1. The summed E-state index contributed by atoms with van der Waals surface area (Å²) in [6.07, 6.45) is 2.12. The fraction of sp³-hybridized carbons (Fsp3) is 0.682. The number of hydrogen-bond acceptors (Lipinski definition) is 6. The average molecular weight is 546 g/mol. The van der Waals surface area contributed by atoms with E-state index in [4.69, 9.17) is 9.47 Å². The van der Waals surface area contributed by atoms with Crippen LogP contribution in [0.15, 0.2) is 23.2 Å². The van der Waals surface area contributed by atoms with Gasteiger partial charge in [0.1, 0.15) is 11.5 Å². The Bertz CT molecular complexity index is 689. The van der Waals surface area contributed by atoms with Crippen molar-refractivity contribution in [2.75, 3.05) is 79.5 Å². The monoisotopic (exact) mass is 546 g/mol. The molecular formula is C22H39IN6O2. The molecule has 0 aliphatic carbocycles. The highest BCUT2D eigenvalue weighted by molar-refractivity contribution is 14.0. The summed E-state index contributed by atoms with van der Waals surface area (Å²) in [5, 5.41) is 7.15.